The standard InChI is InChI=1S/C17H24N2O3/c1-5-22-17(20)12-18(3)13(2)11-19-9-8-14-10-15(21-4)6-7-16(14)19/h6-10,13H,5,11-12H2,1-4H3/t13-/m1/s1. The molecular weight excluding hydrogens is 280 g/mol. The summed E-state index contributed by atoms with van der Waals surface area (Å²) in [6, 6.07) is 8.36. The largest absolute Gasteiger partial charge is 0.497 e. The van der Waals surface area contributed by atoms with E-state index in [4.69, 9.17) is 9.47 Å². The highest BCUT2D eigenvalue weighted by Crippen LogP contribution is 2.22. The third-order valence-electron chi connectivity index (χ3n) is 3.88. The third-order valence-corrected chi connectivity index (χ3v) is 3.88. The van der Waals surface area contributed by atoms with Crippen LogP contribution in [-0.2, 0) is 16.1 Å². The molecule has 1 aromatic heterocycles. The highest BCUT2D eigenvalue weighted by atomic mass is 16.5. The summed E-state index contributed by atoms with van der Waals surface area (Å²) in [6.45, 7) is 5.47. The number of benzene rings is 1. The second kappa shape index (κ2) is 7.31. The molecule has 0 unspecified atom stereocenters. The molecule has 5 nitrogen and oxygen atoms in total. The predicted octanol–water partition coefficient (Wildman–Crippen LogP) is 2.53. The van der Waals surface area contributed by atoms with Crippen molar-refractivity contribution in [3.63, 3.8) is 0 Å². The van der Waals surface area contributed by atoms with Crippen LogP contribution in [0, 0.1) is 0 Å². The first-order chi connectivity index (χ1) is 10.5. The van der Waals surface area contributed by atoms with E-state index in [1.165, 1.54) is 0 Å². The number of aromatic nitrogens is 1. The second-order valence-corrected chi connectivity index (χ2v) is 5.46. The monoisotopic (exact) mass is 304 g/mol. The number of rotatable bonds is 7. The van der Waals surface area contributed by atoms with Gasteiger partial charge >= 0.3 is 5.97 Å². The summed E-state index contributed by atoms with van der Waals surface area (Å²) in [5, 5.41) is 1.15. The Labute approximate surface area is 131 Å². The Balaban J connectivity index is 2.05. The molecule has 0 aliphatic rings. The summed E-state index contributed by atoms with van der Waals surface area (Å²) < 4.78 is 12.4. The van der Waals surface area contributed by atoms with E-state index in [9.17, 15) is 4.79 Å². The number of esters is 1. The van der Waals surface area contributed by atoms with Gasteiger partial charge in [-0.25, -0.2) is 0 Å². The number of likely N-dealkylation sites (N-methyl/N-ethyl adjacent to an activating group) is 1. The fraction of sp³-hybridized carbons (Fsp3) is 0.471. The lowest BCUT2D eigenvalue weighted by atomic mass is 10.2. The zero-order valence-electron chi connectivity index (χ0n) is 13.7. The van der Waals surface area contributed by atoms with Crippen molar-refractivity contribution < 1.29 is 14.3 Å². The maximum absolute atomic E-state index is 11.6. The van der Waals surface area contributed by atoms with Crippen LogP contribution in [0.4, 0.5) is 0 Å². The lowest BCUT2D eigenvalue weighted by Crippen LogP contribution is -2.37. The summed E-state index contributed by atoms with van der Waals surface area (Å²) in [5.74, 6) is 0.677. The van der Waals surface area contributed by atoms with Crippen molar-refractivity contribution in [1.29, 1.82) is 0 Å². The lowest BCUT2D eigenvalue weighted by Gasteiger charge is -2.24. The number of nitrogens with zero attached hydrogens (tertiary/aromatic N) is 2. The van der Waals surface area contributed by atoms with Crippen LogP contribution in [0.15, 0.2) is 30.5 Å². The fourth-order valence-corrected chi connectivity index (χ4v) is 2.45. The van der Waals surface area contributed by atoms with E-state index in [-0.39, 0.29) is 12.0 Å². The number of fused-ring (bicyclic) bond motifs is 1. The number of carbonyl (C=O) groups excluding carboxylic acids is 1. The zero-order chi connectivity index (χ0) is 16.1. The average Bonchev–Trinajstić information content (AvgIpc) is 2.89. The lowest BCUT2D eigenvalue weighted by molar-refractivity contribution is -0.144. The van der Waals surface area contributed by atoms with Crippen LogP contribution in [0.3, 0.4) is 0 Å². The van der Waals surface area contributed by atoms with Crippen LogP contribution in [0.25, 0.3) is 10.9 Å². The highest BCUT2D eigenvalue weighted by Gasteiger charge is 2.15. The molecule has 0 aliphatic carbocycles. The SMILES string of the molecule is CCOC(=O)CN(C)[C@H](C)Cn1ccc2cc(OC)ccc21. The van der Waals surface area contributed by atoms with E-state index in [2.05, 4.69) is 29.8 Å². The Bertz CT molecular complexity index is 636. The van der Waals surface area contributed by atoms with Gasteiger partial charge in [0.15, 0.2) is 0 Å². The molecule has 120 valence electrons. The predicted molar refractivity (Wildman–Crippen MR) is 87.2 cm³/mol. The van der Waals surface area contributed by atoms with Crippen molar-refractivity contribution in [3.8, 4) is 5.75 Å². The van der Waals surface area contributed by atoms with E-state index in [0.29, 0.717) is 13.2 Å². The maximum Gasteiger partial charge on any atom is 0.320 e. The Morgan fingerprint density at radius 3 is 2.82 bits per heavy atom. The summed E-state index contributed by atoms with van der Waals surface area (Å²) in [6.07, 6.45) is 2.07. The summed E-state index contributed by atoms with van der Waals surface area (Å²) in [7, 11) is 3.61. The van der Waals surface area contributed by atoms with Crippen molar-refractivity contribution in [2.24, 2.45) is 0 Å². The molecule has 1 aromatic carbocycles. The molecule has 0 N–H and O–H groups in total. The molecule has 0 amide bonds. The number of carbonyl (C=O) groups is 1. The molecule has 0 aliphatic heterocycles. The van der Waals surface area contributed by atoms with Crippen molar-refractivity contribution in [2.75, 3.05) is 27.3 Å². The first-order valence-corrected chi connectivity index (χ1v) is 7.54. The Hall–Kier alpha value is -2.01. The topological polar surface area (TPSA) is 43.7 Å². The van der Waals surface area contributed by atoms with Crippen LogP contribution in [0.5, 0.6) is 5.75 Å². The molecule has 0 fully saturated rings. The minimum atomic E-state index is -0.182. The number of methoxy groups -OCH3 is 1. The van der Waals surface area contributed by atoms with Gasteiger partial charge in [-0.05, 0) is 45.2 Å². The number of ether oxygens (including phenoxy) is 2. The van der Waals surface area contributed by atoms with Crippen molar-refractivity contribution in [1.82, 2.24) is 9.47 Å². The Kier molecular flexibility index (Phi) is 5.44. The van der Waals surface area contributed by atoms with Gasteiger partial charge in [0.2, 0.25) is 0 Å². The van der Waals surface area contributed by atoms with Gasteiger partial charge in [0.1, 0.15) is 5.75 Å². The van der Waals surface area contributed by atoms with Crippen LogP contribution < -0.4 is 4.74 Å². The molecule has 0 saturated heterocycles. The minimum Gasteiger partial charge on any atom is -0.497 e. The normalized spacial score (nSPS) is 12.6. The molecule has 0 bridgehead atoms. The van der Waals surface area contributed by atoms with Crippen LogP contribution in [-0.4, -0.2) is 48.8 Å². The van der Waals surface area contributed by atoms with Crippen molar-refractivity contribution in [3.05, 3.63) is 30.5 Å². The minimum absolute atomic E-state index is 0.182. The fourth-order valence-electron chi connectivity index (χ4n) is 2.45. The molecule has 22 heavy (non-hydrogen) atoms. The zero-order valence-corrected chi connectivity index (χ0v) is 13.7. The molecule has 0 saturated carbocycles. The maximum atomic E-state index is 11.6. The smallest absolute Gasteiger partial charge is 0.320 e. The Morgan fingerprint density at radius 2 is 2.14 bits per heavy atom. The van der Waals surface area contributed by atoms with Crippen LogP contribution >= 0.6 is 0 Å². The van der Waals surface area contributed by atoms with Crippen LogP contribution in [0.1, 0.15) is 13.8 Å². The number of hydrogen-bond acceptors (Lipinski definition) is 4. The molecular formula is C17H24N2O3. The van der Waals surface area contributed by atoms with Gasteiger partial charge in [0.05, 0.1) is 20.3 Å². The Morgan fingerprint density at radius 1 is 1.36 bits per heavy atom. The van der Waals surface area contributed by atoms with Crippen molar-refractivity contribution in [2.45, 2.75) is 26.4 Å². The van der Waals surface area contributed by atoms with Crippen molar-refractivity contribution >= 4 is 16.9 Å². The quantitative estimate of drug-likeness (QED) is 0.737. The molecule has 2 rings (SSSR count). The molecule has 0 spiro atoms. The van der Waals surface area contributed by atoms with E-state index in [0.717, 1.165) is 23.2 Å². The second-order valence-electron chi connectivity index (χ2n) is 5.46. The van der Waals surface area contributed by atoms with Gasteiger partial charge in [-0.2, -0.15) is 0 Å². The van der Waals surface area contributed by atoms with E-state index in [1.54, 1.807) is 7.11 Å². The summed E-state index contributed by atoms with van der Waals surface area (Å²) in [4.78, 5) is 13.6. The molecule has 5 heteroatoms. The van der Waals surface area contributed by atoms with Gasteiger partial charge in [0.25, 0.3) is 0 Å². The summed E-state index contributed by atoms with van der Waals surface area (Å²) >= 11 is 0. The number of hydrogen-bond donors (Lipinski definition) is 0. The average molecular weight is 304 g/mol. The van der Waals surface area contributed by atoms with E-state index in [1.807, 2.05) is 31.0 Å². The molecule has 2 aromatic rings. The molecule has 1 heterocycles. The van der Waals surface area contributed by atoms with Gasteiger partial charge in [-0.3, -0.25) is 9.69 Å². The first-order valence-electron chi connectivity index (χ1n) is 7.54. The van der Waals surface area contributed by atoms with E-state index >= 15 is 0 Å². The third kappa shape index (κ3) is 3.80. The van der Waals surface area contributed by atoms with E-state index < -0.39 is 0 Å². The van der Waals surface area contributed by atoms with Gasteiger partial charge < -0.3 is 14.0 Å². The summed E-state index contributed by atoms with van der Waals surface area (Å²) in [5.41, 5.74) is 1.16. The first kappa shape index (κ1) is 16.4. The van der Waals surface area contributed by atoms with Gasteiger partial charge in [0, 0.05) is 29.7 Å². The molecule has 1 atom stereocenters. The van der Waals surface area contributed by atoms with Crippen LogP contribution in [0.2, 0.25) is 0 Å². The molecule has 0 radical (unpaired) electrons. The van der Waals surface area contributed by atoms with Gasteiger partial charge in [-0.1, -0.05) is 0 Å². The highest BCUT2D eigenvalue weighted by molar-refractivity contribution is 5.81. The van der Waals surface area contributed by atoms with Gasteiger partial charge in [-0.15, -0.1) is 0 Å².